The molecule has 3 atom stereocenters. The fraction of sp³-hybridized carbons (Fsp3) is 0.556. The normalized spacial score (nSPS) is 21.1. The summed E-state index contributed by atoms with van der Waals surface area (Å²) in [6.45, 7) is 3.87. The van der Waals surface area contributed by atoms with E-state index in [-0.39, 0.29) is 37.5 Å². The summed E-state index contributed by atoms with van der Waals surface area (Å²) >= 11 is 0. The molecule has 13 heteroatoms. The van der Waals surface area contributed by atoms with Crippen LogP contribution in [0.25, 0.3) is 0 Å². The Hall–Kier alpha value is -4.16. The molecule has 2 aliphatic rings. The van der Waals surface area contributed by atoms with Crippen LogP contribution in [0.15, 0.2) is 24.3 Å². The summed E-state index contributed by atoms with van der Waals surface area (Å²) in [5.41, 5.74) is 9.73. The highest BCUT2D eigenvalue weighted by molar-refractivity contribution is 6.14. The van der Waals surface area contributed by atoms with Gasteiger partial charge in [0.25, 0.3) is 11.8 Å². The van der Waals surface area contributed by atoms with Gasteiger partial charge in [-0.05, 0) is 50.2 Å². The number of carbonyl (C=O) groups excluding carboxylic acids is 6. The zero-order valence-corrected chi connectivity index (χ0v) is 23.1. The number of likely N-dealkylation sites (tertiary alicyclic amines) is 1. The van der Waals surface area contributed by atoms with Gasteiger partial charge in [0, 0.05) is 13.1 Å². The van der Waals surface area contributed by atoms with Crippen molar-refractivity contribution in [3.05, 3.63) is 29.8 Å². The molecule has 40 heavy (non-hydrogen) atoms. The van der Waals surface area contributed by atoms with E-state index in [0.717, 1.165) is 0 Å². The van der Waals surface area contributed by atoms with Crippen molar-refractivity contribution in [1.29, 1.82) is 0 Å². The minimum absolute atomic E-state index is 0.0333. The first-order valence-corrected chi connectivity index (χ1v) is 13.4. The van der Waals surface area contributed by atoms with Gasteiger partial charge < -0.3 is 36.6 Å². The average Bonchev–Trinajstić information content (AvgIpc) is 3.58. The third-order valence-corrected chi connectivity index (χ3v) is 7.34. The Morgan fingerprint density at radius 3 is 2.40 bits per heavy atom. The van der Waals surface area contributed by atoms with Crippen LogP contribution in [0.4, 0.5) is 5.69 Å². The molecule has 6 N–H and O–H groups in total. The van der Waals surface area contributed by atoms with Crippen molar-refractivity contribution < 1.29 is 33.5 Å². The molecule has 2 heterocycles. The Bertz CT molecular complexity index is 1170. The number of rotatable bonds is 11. The van der Waals surface area contributed by atoms with Gasteiger partial charge in [0.2, 0.25) is 17.7 Å². The van der Waals surface area contributed by atoms with Crippen LogP contribution in [0.1, 0.15) is 56.3 Å². The maximum atomic E-state index is 14.2. The molecule has 0 aromatic heterocycles. The molecular weight excluding hydrogens is 520 g/mol. The summed E-state index contributed by atoms with van der Waals surface area (Å²) in [5, 5.41) is 5.13. The van der Waals surface area contributed by atoms with Crippen molar-refractivity contribution in [3.8, 4) is 0 Å². The number of para-hydroxylation sites is 1. The van der Waals surface area contributed by atoms with Gasteiger partial charge in [-0.2, -0.15) is 0 Å². The first-order valence-electron chi connectivity index (χ1n) is 13.4. The molecule has 0 saturated carbocycles. The van der Waals surface area contributed by atoms with E-state index in [1.807, 2.05) is 13.8 Å². The quantitative estimate of drug-likeness (QED) is 0.204. The lowest BCUT2D eigenvalue weighted by atomic mass is 9.91. The van der Waals surface area contributed by atoms with Crippen LogP contribution < -0.4 is 27.0 Å². The van der Waals surface area contributed by atoms with Gasteiger partial charge in [-0.15, -0.1) is 0 Å². The number of nitrogens with one attached hydrogen (secondary N) is 2. The van der Waals surface area contributed by atoms with E-state index in [9.17, 15) is 28.8 Å². The molecule has 2 saturated heterocycles. The molecule has 2 aliphatic heterocycles. The average molecular weight is 559 g/mol. The molecule has 5 amide bonds. The van der Waals surface area contributed by atoms with E-state index in [1.165, 1.54) is 16.9 Å². The number of hydrogen-bond acceptors (Lipinski definition) is 8. The summed E-state index contributed by atoms with van der Waals surface area (Å²) in [4.78, 5) is 79.9. The van der Waals surface area contributed by atoms with Crippen molar-refractivity contribution in [2.45, 2.75) is 63.6 Å². The van der Waals surface area contributed by atoms with Gasteiger partial charge in [0.15, 0.2) is 5.54 Å². The van der Waals surface area contributed by atoms with Gasteiger partial charge in [-0.3, -0.25) is 24.0 Å². The molecule has 13 nitrogen and oxygen atoms in total. The van der Waals surface area contributed by atoms with Gasteiger partial charge in [-0.25, -0.2) is 4.79 Å². The van der Waals surface area contributed by atoms with Crippen molar-refractivity contribution in [3.63, 3.8) is 0 Å². The summed E-state index contributed by atoms with van der Waals surface area (Å²) in [7, 11) is 1.24. The largest absolute Gasteiger partial charge is 0.465 e. The SMILES string of the molecule is COC(=O)c1ccccc1N1CCC[C@@]1(C(N)=O)C(=O)N1CCC[C@H]1C(=O)N[C@@H](CC(C)C)C(=O)NCC(N)=O. The van der Waals surface area contributed by atoms with E-state index >= 15 is 0 Å². The van der Waals surface area contributed by atoms with Gasteiger partial charge in [-0.1, -0.05) is 26.0 Å². The van der Waals surface area contributed by atoms with E-state index in [2.05, 4.69) is 10.6 Å². The van der Waals surface area contributed by atoms with E-state index in [1.54, 1.807) is 24.3 Å². The highest BCUT2D eigenvalue weighted by atomic mass is 16.5. The minimum atomic E-state index is -1.82. The van der Waals surface area contributed by atoms with Gasteiger partial charge in [0.1, 0.15) is 12.1 Å². The third kappa shape index (κ3) is 6.18. The number of methoxy groups -OCH3 is 1. The maximum absolute atomic E-state index is 14.2. The smallest absolute Gasteiger partial charge is 0.339 e. The van der Waals surface area contributed by atoms with Gasteiger partial charge >= 0.3 is 5.97 Å². The predicted molar refractivity (Wildman–Crippen MR) is 145 cm³/mol. The molecule has 2 fully saturated rings. The summed E-state index contributed by atoms with van der Waals surface area (Å²) < 4.78 is 4.90. The number of primary amides is 2. The molecular formula is C27H38N6O7. The molecule has 0 unspecified atom stereocenters. The molecule has 1 aromatic rings. The third-order valence-electron chi connectivity index (χ3n) is 7.34. The molecule has 0 bridgehead atoms. The van der Waals surface area contributed by atoms with Crippen molar-refractivity contribution in [1.82, 2.24) is 15.5 Å². The highest BCUT2D eigenvalue weighted by Gasteiger charge is 2.57. The first kappa shape index (κ1) is 30.4. The molecule has 0 aliphatic carbocycles. The second-order valence-electron chi connectivity index (χ2n) is 10.5. The Balaban J connectivity index is 1.90. The number of ether oxygens (including phenoxy) is 1. The number of benzene rings is 1. The van der Waals surface area contributed by atoms with E-state index < -0.39 is 53.1 Å². The highest BCUT2D eigenvalue weighted by Crippen LogP contribution is 2.39. The number of anilines is 1. The lowest BCUT2D eigenvalue weighted by Crippen LogP contribution is -2.66. The topological polar surface area (TPSA) is 194 Å². The predicted octanol–water partition coefficient (Wildman–Crippen LogP) is -0.579. The van der Waals surface area contributed by atoms with Crippen LogP contribution in [-0.4, -0.2) is 84.8 Å². The summed E-state index contributed by atoms with van der Waals surface area (Å²) in [5.74, 6) is -3.94. The number of esters is 1. The number of amides is 5. The first-order chi connectivity index (χ1) is 18.9. The second-order valence-corrected chi connectivity index (χ2v) is 10.5. The Kier molecular flexibility index (Phi) is 9.72. The second kappa shape index (κ2) is 12.8. The number of nitrogens with zero attached hydrogens (tertiary/aromatic N) is 2. The van der Waals surface area contributed by atoms with Crippen molar-refractivity contribution >= 4 is 41.2 Å². The fourth-order valence-corrected chi connectivity index (χ4v) is 5.51. The van der Waals surface area contributed by atoms with Crippen LogP contribution in [0.3, 0.4) is 0 Å². The zero-order valence-electron chi connectivity index (χ0n) is 23.1. The summed E-state index contributed by atoms with van der Waals surface area (Å²) in [6, 6.07) is 4.59. The number of nitrogens with two attached hydrogens (primary N) is 2. The minimum Gasteiger partial charge on any atom is -0.465 e. The van der Waals surface area contributed by atoms with Gasteiger partial charge in [0.05, 0.1) is 24.9 Å². The van der Waals surface area contributed by atoms with Crippen LogP contribution in [-0.2, 0) is 28.7 Å². The van der Waals surface area contributed by atoms with Crippen molar-refractivity contribution in [2.75, 3.05) is 31.6 Å². The zero-order chi connectivity index (χ0) is 29.6. The lowest BCUT2D eigenvalue weighted by molar-refractivity contribution is -0.147. The molecule has 0 radical (unpaired) electrons. The molecule has 0 spiro atoms. The Morgan fingerprint density at radius 1 is 1.07 bits per heavy atom. The molecule has 1 aromatic carbocycles. The van der Waals surface area contributed by atoms with Crippen LogP contribution in [0, 0.1) is 5.92 Å². The van der Waals surface area contributed by atoms with Crippen LogP contribution in [0.2, 0.25) is 0 Å². The number of hydrogen-bond donors (Lipinski definition) is 4. The molecule has 218 valence electrons. The number of carbonyl (C=O) groups is 6. The molecule has 3 rings (SSSR count). The van der Waals surface area contributed by atoms with Crippen LogP contribution >= 0.6 is 0 Å². The monoisotopic (exact) mass is 558 g/mol. The van der Waals surface area contributed by atoms with Crippen LogP contribution in [0.5, 0.6) is 0 Å². The van der Waals surface area contributed by atoms with Crippen molar-refractivity contribution in [2.24, 2.45) is 17.4 Å². The summed E-state index contributed by atoms with van der Waals surface area (Å²) in [6.07, 6.45) is 1.67. The lowest BCUT2D eigenvalue weighted by Gasteiger charge is -2.40. The standard InChI is InChI=1S/C27H38N6O7/c1-16(2)14-18(22(35)30-15-21(28)34)31-23(36)20-10-6-12-32(20)26(39)27(25(29)38)11-7-13-33(27)19-9-5-4-8-17(19)24(37)40-3/h4-5,8-9,16,18,20H,6-7,10-15H2,1-3H3,(H2,28,34)(H2,29,38)(H,30,35)(H,31,36)/t18-,20-,27+/m0/s1. The Labute approximate surface area is 232 Å². The maximum Gasteiger partial charge on any atom is 0.339 e. The fourth-order valence-electron chi connectivity index (χ4n) is 5.51. The van der Waals surface area contributed by atoms with E-state index in [0.29, 0.717) is 31.4 Å². The van der Waals surface area contributed by atoms with E-state index in [4.69, 9.17) is 16.2 Å². The Morgan fingerprint density at radius 2 is 1.77 bits per heavy atom.